The first-order valence-corrected chi connectivity index (χ1v) is 7.67. The molecule has 1 aromatic rings. The highest BCUT2D eigenvalue weighted by atomic mass is 19.4. The first kappa shape index (κ1) is 18.8. The number of carbonyl (C=O) groups is 1. The van der Waals surface area contributed by atoms with Crippen molar-refractivity contribution in [1.29, 1.82) is 0 Å². The number of hydrogen-bond donors (Lipinski definition) is 1. The van der Waals surface area contributed by atoms with E-state index in [1.807, 2.05) is 33.0 Å². The molecule has 0 aliphatic carbocycles. The van der Waals surface area contributed by atoms with Crippen LogP contribution in [-0.4, -0.2) is 30.4 Å². The number of benzene rings is 1. The molecule has 1 unspecified atom stereocenters. The molecule has 1 amide bonds. The topological polar surface area (TPSA) is 47.6 Å². The molecule has 2 rings (SSSR count). The molecule has 0 bridgehead atoms. The molecule has 1 aromatic carbocycles. The maximum atomic E-state index is 12.3. The van der Waals surface area contributed by atoms with Gasteiger partial charge in [-0.05, 0) is 45.6 Å². The van der Waals surface area contributed by atoms with E-state index in [1.54, 1.807) is 24.3 Å². The molecular weight excluding hydrogens is 322 g/mol. The lowest BCUT2D eigenvalue weighted by Gasteiger charge is -2.32. The van der Waals surface area contributed by atoms with Crippen LogP contribution in [0.3, 0.4) is 0 Å². The fraction of sp³-hybridized carbons (Fsp3) is 0.562. The van der Waals surface area contributed by atoms with E-state index in [1.165, 1.54) is 6.92 Å². The second kappa shape index (κ2) is 6.08. The van der Waals surface area contributed by atoms with Gasteiger partial charge in [-0.2, -0.15) is 13.2 Å². The smallest absolute Gasteiger partial charge is 0.399 e. The van der Waals surface area contributed by atoms with Gasteiger partial charge in [-0.1, -0.05) is 24.3 Å². The van der Waals surface area contributed by atoms with Crippen molar-refractivity contribution in [3.05, 3.63) is 29.8 Å². The number of rotatable bonds is 3. The Morgan fingerprint density at radius 2 is 1.54 bits per heavy atom. The third-order valence-electron chi connectivity index (χ3n) is 4.57. The lowest BCUT2D eigenvalue weighted by atomic mass is 9.78. The van der Waals surface area contributed by atoms with Crippen molar-refractivity contribution in [2.75, 3.05) is 0 Å². The summed E-state index contributed by atoms with van der Waals surface area (Å²) in [5, 5.41) is 1.92. The average molecular weight is 343 g/mol. The monoisotopic (exact) mass is 343 g/mol. The minimum Gasteiger partial charge on any atom is -0.399 e. The Bertz CT molecular complexity index is 598. The fourth-order valence-electron chi connectivity index (χ4n) is 2.28. The van der Waals surface area contributed by atoms with Crippen LogP contribution in [0.2, 0.25) is 0 Å². The largest absolute Gasteiger partial charge is 0.494 e. The van der Waals surface area contributed by atoms with Crippen LogP contribution < -0.4 is 10.8 Å². The fourth-order valence-corrected chi connectivity index (χ4v) is 2.28. The average Bonchev–Trinajstić information content (AvgIpc) is 2.66. The van der Waals surface area contributed by atoms with Crippen molar-refractivity contribution in [3.63, 3.8) is 0 Å². The zero-order chi connectivity index (χ0) is 18.3. The highest BCUT2D eigenvalue weighted by Gasteiger charge is 2.51. The third-order valence-corrected chi connectivity index (χ3v) is 4.57. The van der Waals surface area contributed by atoms with E-state index < -0.39 is 36.4 Å². The highest BCUT2D eigenvalue weighted by Crippen LogP contribution is 2.36. The van der Waals surface area contributed by atoms with Crippen molar-refractivity contribution in [3.8, 4) is 0 Å². The van der Waals surface area contributed by atoms with Gasteiger partial charge in [-0.3, -0.25) is 4.79 Å². The molecule has 0 radical (unpaired) electrons. The lowest BCUT2D eigenvalue weighted by molar-refractivity contribution is -0.174. The molecule has 1 atom stereocenters. The van der Waals surface area contributed by atoms with E-state index >= 15 is 0 Å². The van der Waals surface area contributed by atoms with Crippen LogP contribution in [0, 0.1) is 0 Å². The molecule has 1 aliphatic heterocycles. The molecule has 0 aromatic heterocycles. The Morgan fingerprint density at radius 1 is 1.08 bits per heavy atom. The quantitative estimate of drug-likeness (QED) is 0.859. The van der Waals surface area contributed by atoms with Crippen LogP contribution in [0.25, 0.3) is 0 Å². The Labute approximate surface area is 139 Å². The molecule has 1 saturated heterocycles. The standard InChI is InChI=1S/C16H21BF3NO3/c1-10(21-13(22)16(18,19)20)11-6-8-12(9-7-11)17-23-14(2,3)15(4,5)24-17/h6-10H,1-5H3,(H,21,22). The lowest BCUT2D eigenvalue weighted by Crippen LogP contribution is -2.41. The number of carbonyl (C=O) groups excluding carboxylic acids is 1. The summed E-state index contributed by atoms with van der Waals surface area (Å²) in [5.41, 5.74) is 0.397. The summed E-state index contributed by atoms with van der Waals surface area (Å²) in [6.07, 6.45) is -4.89. The molecule has 0 saturated carbocycles. The molecular formula is C16H21BF3NO3. The maximum Gasteiger partial charge on any atom is 0.494 e. The molecule has 132 valence electrons. The molecule has 1 aliphatic rings. The van der Waals surface area contributed by atoms with Gasteiger partial charge in [0.05, 0.1) is 17.2 Å². The molecule has 1 N–H and O–H groups in total. The number of halogens is 3. The number of amides is 1. The predicted octanol–water partition coefficient (Wildman–Crippen LogP) is 2.73. The minimum absolute atomic E-state index is 0.468. The predicted molar refractivity (Wildman–Crippen MR) is 84.8 cm³/mol. The van der Waals surface area contributed by atoms with E-state index in [0.717, 1.165) is 5.46 Å². The van der Waals surface area contributed by atoms with Gasteiger partial charge in [0.25, 0.3) is 0 Å². The van der Waals surface area contributed by atoms with E-state index in [4.69, 9.17) is 9.31 Å². The van der Waals surface area contributed by atoms with Gasteiger partial charge in [0.15, 0.2) is 0 Å². The summed E-state index contributed by atoms with van der Waals surface area (Å²) in [6.45, 7) is 9.26. The molecule has 24 heavy (non-hydrogen) atoms. The van der Waals surface area contributed by atoms with Crippen LogP contribution >= 0.6 is 0 Å². The molecule has 0 spiro atoms. The van der Waals surface area contributed by atoms with Crippen LogP contribution in [0.1, 0.15) is 46.2 Å². The van der Waals surface area contributed by atoms with Gasteiger partial charge in [0.1, 0.15) is 0 Å². The molecule has 1 heterocycles. The SMILES string of the molecule is CC(NC(=O)C(F)(F)F)c1ccc(B2OC(C)(C)C(C)(C)O2)cc1. The van der Waals surface area contributed by atoms with E-state index in [-0.39, 0.29) is 0 Å². The normalized spacial score (nSPS) is 20.8. The summed E-state index contributed by atoms with van der Waals surface area (Å²) in [4.78, 5) is 11.0. The Balaban J connectivity index is 2.08. The summed E-state index contributed by atoms with van der Waals surface area (Å²) in [6, 6.07) is 6.01. The van der Waals surface area contributed by atoms with Crippen molar-refractivity contribution in [2.24, 2.45) is 0 Å². The first-order chi connectivity index (χ1) is 10.8. The van der Waals surface area contributed by atoms with Gasteiger partial charge in [0, 0.05) is 0 Å². The van der Waals surface area contributed by atoms with Gasteiger partial charge in [0.2, 0.25) is 0 Å². The zero-order valence-electron chi connectivity index (χ0n) is 14.3. The Morgan fingerprint density at radius 3 is 1.96 bits per heavy atom. The van der Waals surface area contributed by atoms with E-state index in [2.05, 4.69) is 0 Å². The minimum atomic E-state index is -4.89. The summed E-state index contributed by atoms with van der Waals surface area (Å²) < 4.78 is 48.7. The van der Waals surface area contributed by atoms with Crippen LogP contribution in [-0.2, 0) is 14.1 Å². The van der Waals surface area contributed by atoms with Crippen molar-refractivity contribution in [2.45, 2.75) is 58.0 Å². The van der Waals surface area contributed by atoms with Crippen LogP contribution in [0.5, 0.6) is 0 Å². The number of hydrogen-bond acceptors (Lipinski definition) is 3. The maximum absolute atomic E-state index is 12.3. The zero-order valence-corrected chi connectivity index (χ0v) is 14.3. The summed E-state index contributed by atoms with van der Waals surface area (Å²) >= 11 is 0. The molecule has 8 heteroatoms. The van der Waals surface area contributed by atoms with Gasteiger partial charge in [-0.25, -0.2) is 0 Å². The van der Waals surface area contributed by atoms with Crippen molar-refractivity contribution >= 4 is 18.5 Å². The highest BCUT2D eigenvalue weighted by molar-refractivity contribution is 6.62. The second-order valence-corrected chi connectivity index (χ2v) is 6.95. The molecule has 4 nitrogen and oxygen atoms in total. The van der Waals surface area contributed by atoms with Gasteiger partial charge < -0.3 is 14.6 Å². The number of nitrogens with one attached hydrogen (secondary N) is 1. The van der Waals surface area contributed by atoms with Crippen molar-refractivity contribution < 1.29 is 27.3 Å². The van der Waals surface area contributed by atoms with Gasteiger partial charge >= 0.3 is 19.2 Å². The van der Waals surface area contributed by atoms with Crippen LogP contribution in [0.15, 0.2) is 24.3 Å². The Kier molecular flexibility index (Phi) is 4.76. The Hall–Kier alpha value is -1.54. The second-order valence-electron chi connectivity index (χ2n) is 6.95. The van der Waals surface area contributed by atoms with E-state index in [9.17, 15) is 18.0 Å². The summed E-state index contributed by atoms with van der Waals surface area (Å²) in [7, 11) is -0.538. The van der Waals surface area contributed by atoms with Crippen molar-refractivity contribution in [1.82, 2.24) is 5.32 Å². The van der Waals surface area contributed by atoms with Crippen LogP contribution in [0.4, 0.5) is 13.2 Å². The van der Waals surface area contributed by atoms with E-state index in [0.29, 0.717) is 5.56 Å². The van der Waals surface area contributed by atoms with Gasteiger partial charge in [-0.15, -0.1) is 0 Å². The number of alkyl halides is 3. The first-order valence-electron chi connectivity index (χ1n) is 7.67. The molecule has 1 fully saturated rings. The third kappa shape index (κ3) is 3.75. The summed E-state index contributed by atoms with van der Waals surface area (Å²) in [5.74, 6) is -1.95.